The molecule has 0 bridgehead atoms. The van der Waals surface area contributed by atoms with E-state index in [0.717, 1.165) is 39.0 Å². The van der Waals surface area contributed by atoms with Crippen molar-refractivity contribution >= 4 is 5.91 Å². The second kappa shape index (κ2) is 6.63. The van der Waals surface area contributed by atoms with E-state index in [4.69, 9.17) is 10.5 Å². The van der Waals surface area contributed by atoms with Gasteiger partial charge < -0.3 is 15.4 Å². The number of likely N-dealkylation sites (tertiary alicyclic amines) is 1. The molecule has 2 fully saturated rings. The minimum absolute atomic E-state index is 0.208. The zero-order chi connectivity index (χ0) is 15.6. The van der Waals surface area contributed by atoms with Gasteiger partial charge in [0.15, 0.2) is 0 Å². The van der Waals surface area contributed by atoms with E-state index in [1.807, 2.05) is 13.8 Å². The largest absolute Gasteiger partial charge is 0.373 e. The average Bonchev–Trinajstić information content (AvgIpc) is 2.73. The molecule has 0 aromatic rings. The quantitative estimate of drug-likeness (QED) is 0.847. The number of carbonyl (C=O) groups excluding carboxylic acids is 1. The molecule has 0 spiro atoms. The van der Waals surface area contributed by atoms with E-state index in [0.29, 0.717) is 12.5 Å². The maximum atomic E-state index is 12.4. The predicted octanol–water partition coefficient (Wildman–Crippen LogP) is 1.21. The summed E-state index contributed by atoms with van der Waals surface area (Å²) in [6.45, 7) is 11.9. The first-order valence-electron chi connectivity index (χ1n) is 8.21. The van der Waals surface area contributed by atoms with Crippen LogP contribution < -0.4 is 5.73 Å². The standard InChI is InChI=1S/C16H31N3O2/c1-12-9-18(10-13(2)21-12)11-14-6-5-7-19(14)15(20)8-16(3,4)17/h12-14H,5-11,17H2,1-4H3/t12-,13+,14-/m1/s1. The molecule has 5 nitrogen and oxygen atoms in total. The number of ether oxygens (including phenoxy) is 1. The maximum absolute atomic E-state index is 12.4. The summed E-state index contributed by atoms with van der Waals surface area (Å²) in [7, 11) is 0. The molecule has 2 aliphatic heterocycles. The van der Waals surface area contributed by atoms with Crippen LogP contribution in [0.1, 0.15) is 47.0 Å². The van der Waals surface area contributed by atoms with Crippen molar-refractivity contribution in [1.29, 1.82) is 0 Å². The van der Waals surface area contributed by atoms with Gasteiger partial charge in [-0.25, -0.2) is 0 Å². The summed E-state index contributed by atoms with van der Waals surface area (Å²) in [5.41, 5.74) is 5.57. The Kier molecular flexibility index (Phi) is 5.28. The van der Waals surface area contributed by atoms with E-state index >= 15 is 0 Å². The maximum Gasteiger partial charge on any atom is 0.224 e. The molecule has 122 valence electrons. The van der Waals surface area contributed by atoms with Crippen LogP contribution in [0.15, 0.2) is 0 Å². The number of hydrogen-bond donors (Lipinski definition) is 1. The summed E-state index contributed by atoms with van der Waals surface area (Å²) in [5.74, 6) is 0.208. The minimum Gasteiger partial charge on any atom is -0.373 e. The molecule has 1 amide bonds. The second-order valence-corrected chi connectivity index (χ2v) is 7.52. The average molecular weight is 297 g/mol. The molecular formula is C16H31N3O2. The smallest absolute Gasteiger partial charge is 0.224 e. The highest BCUT2D eigenvalue weighted by Gasteiger charge is 2.33. The van der Waals surface area contributed by atoms with Crippen molar-refractivity contribution in [2.45, 2.75) is 70.7 Å². The van der Waals surface area contributed by atoms with Gasteiger partial charge in [0.1, 0.15) is 0 Å². The normalized spacial score (nSPS) is 31.7. The Morgan fingerprint density at radius 2 is 1.90 bits per heavy atom. The number of nitrogens with zero attached hydrogens (tertiary/aromatic N) is 2. The van der Waals surface area contributed by atoms with Gasteiger partial charge in [-0.15, -0.1) is 0 Å². The second-order valence-electron chi connectivity index (χ2n) is 7.52. The third-order valence-electron chi connectivity index (χ3n) is 4.27. The van der Waals surface area contributed by atoms with Crippen LogP contribution in [0, 0.1) is 0 Å². The third kappa shape index (κ3) is 4.94. The summed E-state index contributed by atoms with van der Waals surface area (Å²) in [5, 5.41) is 0. The van der Waals surface area contributed by atoms with E-state index in [9.17, 15) is 4.79 Å². The number of morpholine rings is 1. The highest BCUT2D eigenvalue weighted by molar-refractivity contribution is 5.78. The lowest BCUT2D eigenvalue weighted by molar-refractivity contribution is -0.134. The molecule has 0 unspecified atom stereocenters. The van der Waals surface area contributed by atoms with Gasteiger partial charge in [-0.05, 0) is 40.5 Å². The fourth-order valence-corrected chi connectivity index (χ4v) is 3.58. The van der Waals surface area contributed by atoms with Gasteiger partial charge in [-0.3, -0.25) is 9.69 Å². The molecule has 0 aliphatic carbocycles. The van der Waals surface area contributed by atoms with E-state index in [2.05, 4.69) is 23.6 Å². The van der Waals surface area contributed by atoms with Crippen LogP contribution in [0.4, 0.5) is 0 Å². The van der Waals surface area contributed by atoms with Crippen molar-refractivity contribution in [2.75, 3.05) is 26.2 Å². The Labute approximate surface area is 128 Å². The van der Waals surface area contributed by atoms with Crippen LogP contribution in [0.2, 0.25) is 0 Å². The van der Waals surface area contributed by atoms with Gasteiger partial charge in [-0.2, -0.15) is 0 Å². The first kappa shape index (κ1) is 16.7. The van der Waals surface area contributed by atoms with Gasteiger partial charge in [0.2, 0.25) is 5.91 Å². The Balaban J connectivity index is 1.91. The molecule has 2 rings (SSSR count). The topological polar surface area (TPSA) is 58.8 Å². The first-order valence-corrected chi connectivity index (χ1v) is 8.21. The van der Waals surface area contributed by atoms with Crippen molar-refractivity contribution in [2.24, 2.45) is 5.73 Å². The summed E-state index contributed by atoms with van der Waals surface area (Å²) in [4.78, 5) is 16.9. The van der Waals surface area contributed by atoms with Crippen LogP contribution >= 0.6 is 0 Å². The summed E-state index contributed by atoms with van der Waals surface area (Å²) in [6, 6.07) is 0.345. The third-order valence-corrected chi connectivity index (χ3v) is 4.27. The molecule has 0 aromatic heterocycles. The first-order chi connectivity index (χ1) is 9.74. The monoisotopic (exact) mass is 297 g/mol. The zero-order valence-electron chi connectivity index (χ0n) is 14.0. The molecule has 5 heteroatoms. The Morgan fingerprint density at radius 1 is 1.29 bits per heavy atom. The molecule has 2 saturated heterocycles. The molecule has 0 aromatic carbocycles. The SMILES string of the molecule is C[C@@H]1CN(C[C@H]2CCCN2C(=O)CC(C)(C)N)C[C@H](C)O1. The van der Waals surface area contributed by atoms with Crippen LogP contribution in [-0.4, -0.2) is 65.7 Å². The highest BCUT2D eigenvalue weighted by Crippen LogP contribution is 2.22. The van der Waals surface area contributed by atoms with Gasteiger partial charge in [0, 0.05) is 44.2 Å². The molecule has 2 heterocycles. The molecule has 0 saturated carbocycles. The summed E-state index contributed by atoms with van der Waals surface area (Å²) in [6.07, 6.45) is 3.21. The van der Waals surface area contributed by atoms with Gasteiger partial charge in [-0.1, -0.05) is 0 Å². The number of rotatable bonds is 4. The molecule has 2 aliphatic rings. The van der Waals surface area contributed by atoms with Crippen LogP contribution in [-0.2, 0) is 9.53 Å². The molecule has 2 N–H and O–H groups in total. The van der Waals surface area contributed by atoms with E-state index < -0.39 is 5.54 Å². The number of amides is 1. The number of carbonyl (C=O) groups is 1. The summed E-state index contributed by atoms with van der Waals surface area (Å²) >= 11 is 0. The number of hydrogen-bond acceptors (Lipinski definition) is 4. The van der Waals surface area contributed by atoms with Gasteiger partial charge in [0.25, 0.3) is 0 Å². The fraction of sp³-hybridized carbons (Fsp3) is 0.938. The van der Waals surface area contributed by atoms with E-state index in [1.54, 1.807) is 0 Å². The van der Waals surface area contributed by atoms with Crippen molar-refractivity contribution in [3.63, 3.8) is 0 Å². The molecule has 3 atom stereocenters. The van der Waals surface area contributed by atoms with Crippen LogP contribution in [0.5, 0.6) is 0 Å². The fourth-order valence-electron chi connectivity index (χ4n) is 3.58. The Bertz CT molecular complexity index is 357. The molecule has 0 radical (unpaired) electrons. The number of nitrogens with two attached hydrogens (primary N) is 1. The van der Waals surface area contributed by atoms with E-state index in [1.165, 1.54) is 0 Å². The lowest BCUT2D eigenvalue weighted by atomic mass is 10.0. The van der Waals surface area contributed by atoms with Gasteiger partial charge >= 0.3 is 0 Å². The lowest BCUT2D eigenvalue weighted by Gasteiger charge is -2.38. The predicted molar refractivity (Wildman–Crippen MR) is 84.1 cm³/mol. The molecular weight excluding hydrogens is 266 g/mol. The zero-order valence-corrected chi connectivity index (χ0v) is 14.0. The van der Waals surface area contributed by atoms with Crippen LogP contribution in [0.3, 0.4) is 0 Å². The summed E-state index contributed by atoms with van der Waals surface area (Å²) < 4.78 is 5.78. The Hall–Kier alpha value is -0.650. The minimum atomic E-state index is -0.424. The van der Waals surface area contributed by atoms with E-state index in [-0.39, 0.29) is 18.1 Å². The molecule has 21 heavy (non-hydrogen) atoms. The lowest BCUT2D eigenvalue weighted by Crippen LogP contribution is -2.51. The van der Waals surface area contributed by atoms with Crippen molar-refractivity contribution in [1.82, 2.24) is 9.80 Å². The van der Waals surface area contributed by atoms with Crippen LogP contribution in [0.25, 0.3) is 0 Å². The Morgan fingerprint density at radius 3 is 2.48 bits per heavy atom. The van der Waals surface area contributed by atoms with Crippen molar-refractivity contribution in [3.8, 4) is 0 Å². The highest BCUT2D eigenvalue weighted by atomic mass is 16.5. The van der Waals surface area contributed by atoms with Crippen molar-refractivity contribution in [3.05, 3.63) is 0 Å². The van der Waals surface area contributed by atoms with Gasteiger partial charge in [0.05, 0.1) is 12.2 Å². The van der Waals surface area contributed by atoms with Crippen molar-refractivity contribution < 1.29 is 9.53 Å².